The highest BCUT2D eigenvalue weighted by molar-refractivity contribution is 6.05. The molecule has 8 rings (SSSR count). The lowest BCUT2D eigenvalue weighted by Crippen LogP contribution is -3.00. The normalized spacial score (nSPS) is 10.9. The lowest BCUT2D eigenvalue weighted by molar-refractivity contribution is -0.001000. The van der Waals surface area contributed by atoms with Gasteiger partial charge in [0.2, 0.25) is 10.7 Å². The van der Waals surface area contributed by atoms with Crippen LogP contribution in [-0.2, 0) is 0 Å². The number of nitrogens with zero attached hydrogens (tertiary/aromatic N) is 4. The first kappa shape index (κ1) is 51.0. The molecule has 0 aromatic heterocycles. The van der Waals surface area contributed by atoms with E-state index < -0.39 is 0 Å². The minimum atomic E-state index is 0. The second kappa shape index (κ2) is 22.5. The molecule has 66 heavy (non-hydrogen) atoms. The van der Waals surface area contributed by atoms with Gasteiger partial charge in [-0.3, -0.25) is 0 Å². The fourth-order valence-electron chi connectivity index (χ4n) is 9.33. The monoisotopic (exact) mass is 926 g/mol. The van der Waals surface area contributed by atoms with Gasteiger partial charge in [0.25, 0.3) is 0 Å². The molecule has 0 saturated carbocycles. The fourth-order valence-corrected chi connectivity index (χ4v) is 9.33. The first-order valence-corrected chi connectivity index (χ1v) is 23.4. The van der Waals surface area contributed by atoms with E-state index in [1.54, 1.807) is 0 Å². The van der Waals surface area contributed by atoms with Crippen LogP contribution in [0.25, 0.3) is 66.8 Å². The van der Waals surface area contributed by atoms with Crippen molar-refractivity contribution in [3.05, 3.63) is 131 Å². The standard InChI is InChI=1S/C28H33N3O.C28H34N3O.2ClH/c1-6-30(7-2)21-11-14-24-26(17-21)32-27-18-22(31(8-3)9-4)12-15-25(27)28(24)23-13-10-20(29)16-19(23)5;1-6-30(7-2)21-12-14-23-26(17-21)32-27-18-22(31(8-3)9-4)13-15-24(27)28(23)25-16-20(29)11-10-19(25)5;;/h10-18,29H,6-9H2,1-5H3;10-18H,6-9,29H2,1-5H3;2*1H/q;+1;;/p-1. The van der Waals surface area contributed by atoms with Crippen molar-refractivity contribution in [3.8, 4) is 44.9 Å². The van der Waals surface area contributed by atoms with E-state index in [2.05, 4.69) is 179 Å². The third-order valence-electron chi connectivity index (χ3n) is 12.9. The Hall–Kier alpha value is -5.96. The molecule has 4 N–H and O–H groups in total. The van der Waals surface area contributed by atoms with Crippen molar-refractivity contribution in [2.75, 3.05) is 73.6 Å². The minimum Gasteiger partial charge on any atom is -1.00 e. The number of anilines is 4. The molecule has 4 aromatic carbocycles. The lowest BCUT2D eigenvalue weighted by atomic mass is 9.90. The third-order valence-corrected chi connectivity index (χ3v) is 12.9. The van der Waals surface area contributed by atoms with Gasteiger partial charge in [-0.15, -0.1) is 0 Å². The van der Waals surface area contributed by atoms with E-state index in [1.165, 1.54) is 49.9 Å². The zero-order valence-electron chi connectivity index (χ0n) is 40.6. The van der Waals surface area contributed by atoms with Gasteiger partial charge in [0.05, 0.1) is 12.1 Å². The quantitative estimate of drug-likeness (QED) is 0.0955. The number of rotatable bonds is 12. The highest BCUT2D eigenvalue weighted by Gasteiger charge is 2.22. The van der Waals surface area contributed by atoms with Crippen LogP contribution in [-0.4, -0.2) is 52.4 Å². The molecule has 0 amide bonds. The van der Waals surface area contributed by atoms with E-state index in [0.29, 0.717) is 0 Å². The lowest BCUT2D eigenvalue weighted by Gasteiger charge is -2.22. The summed E-state index contributed by atoms with van der Waals surface area (Å²) in [6, 6.07) is 38.6. The number of halogens is 2. The van der Waals surface area contributed by atoms with Crippen molar-refractivity contribution in [2.24, 2.45) is 0 Å². The summed E-state index contributed by atoms with van der Waals surface area (Å²) >= 11 is 0. The van der Waals surface area contributed by atoms with Gasteiger partial charge in [0.15, 0.2) is 0 Å². The number of benzene rings is 6. The van der Waals surface area contributed by atoms with E-state index >= 15 is 0 Å². The maximum absolute atomic E-state index is 6.55. The van der Waals surface area contributed by atoms with Crippen molar-refractivity contribution in [1.82, 2.24) is 9.15 Å². The molecule has 0 fully saturated rings. The maximum atomic E-state index is 6.55. The Morgan fingerprint density at radius 1 is 0.424 bits per heavy atom. The predicted octanol–water partition coefficient (Wildman–Crippen LogP) is 5.51. The molecule has 0 saturated heterocycles. The molecule has 10 heteroatoms. The molecule has 4 aliphatic rings. The van der Waals surface area contributed by atoms with Crippen LogP contribution in [0.4, 0.5) is 22.7 Å². The van der Waals surface area contributed by atoms with Gasteiger partial charge < -0.3 is 54.9 Å². The SMILES string of the molecule is CCN(CC)c1ccc2c(-c3cc(N)ccc3C)c3ccc(=[N+](CC)CC)cc-3oc2c1.CCN(CC)c1ccc2c(-c3ccc(N)cc3C)c3ccc(=[N+](CC)CC)cc-3oc2c1.[Cl-].[Cl-]. The van der Waals surface area contributed by atoms with Crippen molar-refractivity contribution in [3.63, 3.8) is 0 Å². The molecular formula is C56H68Cl2N6O2. The Morgan fingerprint density at radius 2 is 0.833 bits per heavy atom. The summed E-state index contributed by atoms with van der Waals surface area (Å²) < 4.78 is 17.8. The summed E-state index contributed by atoms with van der Waals surface area (Å²) in [5.41, 5.74) is 27.3. The van der Waals surface area contributed by atoms with Gasteiger partial charge in [0, 0.05) is 106 Å². The molecule has 0 radical (unpaired) electrons. The van der Waals surface area contributed by atoms with Gasteiger partial charge in [-0.25, -0.2) is 9.15 Å². The zero-order valence-corrected chi connectivity index (χ0v) is 42.1. The van der Waals surface area contributed by atoms with Gasteiger partial charge in [-0.2, -0.15) is 0 Å². The Balaban J connectivity index is 0.000000240. The fraction of sp³-hybridized carbons (Fsp3) is 0.321. The zero-order chi connectivity index (χ0) is 45.7. The van der Waals surface area contributed by atoms with Crippen LogP contribution in [0.3, 0.4) is 0 Å². The summed E-state index contributed by atoms with van der Waals surface area (Å²) in [7, 11) is 0. The Kier molecular flexibility index (Phi) is 17.4. The summed E-state index contributed by atoms with van der Waals surface area (Å²) in [6.45, 7) is 29.4. The van der Waals surface area contributed by atoms with Gasteiger partial charge in [0.1, 0.15) is 48.9 Å². The molecule has 2 heterocycles. The summed E-state index contributed by atoms with van der Waals surface area (Å²) in [6.07, 6.45) is 0. The van der Waals surface area contributed by atoms with Crippen LogP contribution in [0.15, 0.2) is 118 Å². The summed E-state index contributed by atoms with van der Waals surface area (Å²) in [4.78, 5) is 4.69. The van der Waals surface area contributed by atoms with Crippen LogP contribution in [0.2, 0.25) is 0 Å². The van der Waals surface area contributed by atoms with Gasteiger partial charge in [-0.05, 0) is 152 Å². The molecule has 0 unspecified atom stereocenters. The van der Waals surface area contributed by atoms with E-state index in [1.807, 2.05) is 18.2 Å². The average molecular weight is 928 g/mol. The largest absolute Gasteiger partial charge is 1.00 e. The number of nitrogen functional groups attached to an aromatic ring is 2. The highest BCUT2D eigenvalue weighted by atomic mass is 35.5. The first-order valence-electron chi connectivity index (χ1n) is 23.4. The Bertz CT molecular complexity index is 3000. The first-order chi connectivity index (χ1) is 31.0. The van der Waals surface area contributed by atoms with Crippen LogP contribution < -0.4 is 65.9 Å². The smallest absolute Gasteiger partial charge is 0.203 e. The number of hydrogen-bond acceptors (Lipinski definition) is 6. The second-order valence-corrected chi connectivity index (χ2v) is 16.5. The van der Waals surface area contributed by atoms with Crippen molar-refractivity contribution in [1.29, 1.82) is 0 Å². The minimum absolute atomic E-state index is 0. The summed E-state index contributed by atoms with van der Waals surface area (Å²) in [5.74, 6) is 1.81. The van der Waals surface area contributed by atoms with Gasteiger partial charge in [-0.1, -0.05) is 12.1 Å². The van der Waals surface area contributed by atoms with Crippen molar-refractivity contribution >= 4 is 44.7 Å². The molecule has 4 aromatic rings. The Labute approximate surface area is 404 Å². The number of hydrogen-bond donors (Lipinski definition) is 2. The molecule has 0 spiro atoms. The molecule has 0 atom stereocenters. The van der Waals surface area contributed by atoms with Crippen LogP contribution in [0.1, 0.15) is 66.5 Å². The van der Waals surface area contributed by atoms with E-state index in [-0.39, 0.29) is 24.8 Å². The van der Waals surface area contributed by atoms with Gasteiger partial charge >= 0.3 is 0 Å². The van der Waals surface area contributed by atoms with E-state index in [4.69, 9.17) is 20.3 Å². The van der Waals surface area contributed by atoms with Crippen molar-refractivity contribution in [2.45, 2.75) is 69.2 Å². The molecule has 8 nitrogen and oxygen atoms in total. The molecule has 2 aliphatic carbocycles. The third kappa shape index (κ3) is 10.2. The average Bonchev–Trinajstić information content (AvgIpc) is 3.30. The second-order valence-electron chi connectivity index (χ2n) is 16.5. The van der Waals surface area contributed by atoms with E-state index in [0.717, 1.165) is 114 Å². The number of aryl methyl sites for hydroxylation is 2. The summed E-state index contributed by atoms with van der Waals surface area (Å²) in [5, 5.41) is 4.60. The van der Waals surface area contributed by atoms with Crippen molar-refractivity contribution < 1.29 is 33.6 Å². The topological polar surface area (TPSA) is 90.8 Å². The number of nitrogens with two attached hydrogens (primary N) is 2. The predicted molar refractivity (Wildman–Crippen MR) is 275 cm³/mol. The van der Waals surface area contributed by atoms with Crippen LogP contribution >= 0.6 is 0 Å². The van der Waals surface area contributed by atoms with Crippen LogP contribution in [0.5, 0.6) is 0 Å². The molecule has 0 bridgehead atoms. The molecule has 348 valence electrons. The highest BCUT2D eigenvalue weighted by Crippen LogP contribution is 2.44. The maximum Gasteiger partial charge on any atom is 0.203 e. The van der Waals surface area contributed by atoms with Crippen LogP contribution in [0, 0.1) is 13.8 Å². The van der Waals surface area contributed by atoms with E-state index in [9.17, 15) is 0 Å². The molecular weight excluding hydrogens is 860 g/mol. The number of fused-ring (bicyclic) bond motifs is 4. The Morgan fingerprint density at radius 3 is 1.26 bits per heavy atom. The molecule has 2 aliphatic heterocycles.